The van der Waals surface area contributed by atoms with Gasteiger partial charge in [-0.1, -0.05) is 26.0 Å². The van der Waals surface area contributed by atoms with Crippen LogP contribution < -0.4 is 35.2 Å². The molecule has 0 bridgehead atoms. The molecule has 3 rings (SSSR count). The zero-order valence-electron chi connectivity index (χ0n) is 18.8. The monoisotopic (exact) mass is 423 g/mol. The topological polar surface area (TPSA) is 88.7 Å². The van der Waals surface area contributed by atoms with Crippen LogP contribution in [0.25, 0.3) is 0 Å². The summed E-state index contributed by atoms with van der Waals surface area (Å²) in [6, 6.07) is 6.25. The van der Waals surface area contributed by atoms with Crippen LogP contribution in [-0.4, -0.2) is 27.2 Å². The predicted molar refractivity (Wildman–Crippen MR) is 111 cm³/mol. The second kappa shape index (κ2) is 9.99. The molecule has 1 unspecified atom stereocenters. The number of hydrogen-bond donors (Lipinski definition) is 0. The van der Waals surface area contributed by atoms with Gasteiger partial charge in [0.25, 0.3) is 5.56 Å². The minimum absolute atomic E-state index is 0. The molecule has 0 aliphatic carbocycles. The average Bonchev–Trinajstić information content (AvgIpc) is 2.85. The number of hydrogen-bond acceptors (Lipinski definition) is 5. The average molecular weight is 423 g/mol. The number of benzene rings is 1. The molecule has 0 radical (unpaired) electrons. The molecule has 1 aromatic carbocycles. The van der Waals surface area contributed by atoms with Crippen molar-refractivity contribution in [3.8, 4) is 0 Å². The fraction of sp³-hybridized carbons (Fsp3) is 0.500. The molecule has 0 saturated carbocycles. The van der Waals surface area contributed by atoms with E-state index < -0.39 is 16.9 Å². The fourth-order valence-corrected chi connectivity index (χ4v) is 3.73. The van der Waals surface area contributed by atoms with E-state index in [1.165, 1.54) is 30.5 Å². The van der Waals surface area contributed by atoms with Gasteiger partial charge in [0.15, 0.2) is 5.90 Å². The van der Waals surface area contributed by atoms with Gasteiger partial charge in [-0.3, -0.25) is 13.9 Å². The molecule has 0 N–H and O–H groups in total. The van der Waals surface area contributed by atoms with Crippen LogP contribution in [0.15, 0.2) is 38.8 Å². The van der Waals surface area contributed by atoms with Gasteiger partial charge in [-0.05, 0) is 43.9 Å². The Labute approximate surface area is 192 Å². The Balaban J connectivity index is 0.00000341. The van der Waals surface area contributed by atoms with Crippen molar-refractivity contribution in [3.05, 3.63) is 62.0 Å². The SMILES string of the molecule is CCOC1=Nc2c(c(=O)n(CC(C)(C)[O-])c(=O)n2C)CCC1Cc1ccc(F)cc1.[Li+]. The molecule has 0 amide bonds. The molecular formula is C22H27FLiN3O4. The normalized spacial score (nSPS) is 16.1. The molecule has 0 spiro atoms. The zero-order valence-corrected chi connectivity index (χ0v) is 18.8. The molecule has 0 fully saturated rings. The first-order valence-electron chi connectivity index (χ1n) is 10.1. The number of ether oxygens (including phenoxy) is 1. The fourth-order valence-electron chi connectivity index (χ4n) is 3.73. The Kier molecular flexibility index (Phi) is 8.09. The minimum Gasteiger partial charge on any atom is -0.849 e. The number of aliphatic imine (C=N–C) groups is 1. The quantitative estimate of drug-likeness (QED) is 0.560. The zero-order chi connectivity index (χ0) is 22.1. The van der Waals surface area contributed by atoms with E-state index in [1.807, 2.05) is 6.92 Å². The van der Waals surface area contributed by atoms with Gasteiger partial charge >= 0.3 is 24.6 Å². The van der Waals surface area contributed by atoms with Crippen molar-refractivity contribution in [1.29, 1.82) is 0 Å². The first kappa shape index (κ1) is 25.1. The molecule has 1 aliphatic heterocycles. The Morgan fingerprint density at radius 2 is 1.90 bits per heavy atom. The van der Waals surface area contributed by atoms with Crippen molar-refractivity contribution in [2.24, 2.45) is 18.0 Å². The third-order valence-corrected chi connectivity index (χ3v) is 5.14. The Morgan fingerprint density at radius 1 is 1.26 bits per heavy atom. The molecule has 1 aliphatic rings. The summed E-state index contributed by atoms with van der Waals surface area (Å²) < 4.78 is 21.3. The van der Waals surface area contributed by atoms with Gasteiger partial charge in [0.05, 0.1) is 12.2 Å². The van der Waals surface area contributed by atoms with E-state index >= 15 is 0 Å². The van der Waals surface area contributed by atoms with Crippen molar-refractivity contribution in [2.75, 3.05) is 6.61 Å². The van der Waals surface area contributed by atoms with Crippen LogP contribution in [-0.2, 0) is 31.2 Å². The third kappa shape index (κ3) is 5.76. The summed E-state index contributed by atoms with van der Waals surface area (Å²) in [6.45, 7) is 4.90. The van der Waals surface area contributed by atoms with E-state index in [9.17, 15) is 19.1 Å². The van der Waals surface area contributed by atoms with Crippen molar-refractivity contribution in [2.45, 2.75) is 52.2 Å². The van der Waals surface area contributed by atoms with Crippen LogP contribution in [0.2, 0.25) is 0 Å². The van der Waals surface area contributed by atoms with Gasteiger partial charge in [0, 0.05) is 19.5 Å². The van der Waals surface area contributed by atoms with Crippen LogP contribution in [0.4, 0.5) is 10.2 Å². The standard InChI is InChI=1S/C22H27FN3O4.Li/c1-5-30-19-15(12-14-6-9-16(23)10-7-14)8-11-17-18(24-19)25(4)21(28)26(20(17)27)13-22(2,3)29;/h6-7,9-10,15H,5,8,11-13H2,1-4H3;/q-1;+1. The van der Waals surface area contributed by atoms with Gasteiger partial charge in [0.2, 0.25) is 0 Å². The van der Waals surface area contributed by atoms with E-state index in [0.717, 1.165) is 10.1 Å². The second-order valence-corrected chi connectivity index (χ2v) is 8.24. The van der Waals surface area contributed by atoms with Crippen LogP contribution in [0.3, 0.4) is 0 Å². The summed E-state index contributed by atoms with van der Waals surface area (Å²) in [6.07, 6.45) is 1.55. The maximum absolute atomic E-state index is 13.2. The van der Waals surface area contributed by atoms with Crippen molar-refractivity contribution in [3.63, 3.8) is 0 Å². The summed E-state index contributed by atoms with van der Waals surface area (Å²) in [5.74, 6) is 0.302. The summed E-state index contributed by atoms with van der Waals surface area (Å²) >= 11 is 0. The minimum atomic E-state index is -1.46. The number of nitrogens with zero attached hydrogens (tertiary/aromatic N) is 3. The molecule has 31 heavy (non-hydrogen) atoms. The van der Waals surface area contributed by atoms with Gasteiger partial charge in [-0.2, -0.15) is 4.99 Å². The molecule has 7 nitrogen and oxygen atoms in total. The molecule has 1 atom stereocenters. The van der Waals surface area contributed by atoms with Crippen LogP contribution in [0, 0.1) is 11.7 Å². The van der Waals surface area contributed by atoms with Gasteiger partial charge < -0.3 is 9.84 Å². The van der Waals surface area contributed by atoms with Gasteiger partial charge in [-0.25, -0.2) is 9.18 Å². The summed E-state index contributed by atoms with van der Waals surface area (Å²) in [5, 5.41) is 12.2. The Morgan fingerprint density at radius 3 is 2.48 bits per heavy atom. The molecule has 162 valence electrons. The van der Waals surface area contributed by atoms with Crippen molar-refractivity contribution < 1.29 is 33.1 Å². The number of aromatic nitrogens is 2. The van der Waals surface area contributed by atoms with E-state index in [-0.39, 0.29) is 43.0 Å². The number of halogens is 1. The smallest absolute Gasteiger partial charge is 0.849 e. The largest absolute Gasteiger partial charge is 1.00 e. The Hall–Kier alpha value is -2.14. The number of rotatable bonds is 5. The van der Waals surface area contributed by atoms with E-state index in [1.54, 1.807) is 19.2 Å². The van der Waals surface area contributed by atoms with Crippen molar-refractivity contribution in [1.82, 2.24) is 9.13 Å². The van der Waals surface area contributed by atoms with Crippen LogP contribution >= 0.6 is 0 Å². The summed E-state index contributed by atoms with van der Waals surface area (Å²) in [5.41, 5.74) is -1.17. The van der Waals surface area contributed by atoms with Crippen molar-refractivity contribution >= 4 is 11.7 Å². The van der Waals surface area contributed by atoms with Crippen LogP contribution in [0.5, 0.6) is 0 Å². The first-order chi connectivity index (χ1) is 14.1. The van der Waals surface area contributed by atoms with E-state index in [2.05, 4.69) is 4.99 Å². The first-order valence-corrected chi connectivity index (χ1v) is 10.1. The number of fused-ring (bicyclic) bond motifs is 1. The molecule has 0 saturated heterocycles. The molecular weight excluding hydrogens is 396 g/mol. The summed E-state index contributed by atoms with van der Waals surface area (Å²) in [7, 11) is 1.54. The molecule has 2 heterocycles. The molecule has 2 aromatic rings. The van der Waals surface area contributed by atoms with E-state index in [4.69, 9.17) is 4.74 Å². The molecule has 9 heteroatoms. The van der Waals surface area contributed by atoms with Crippen LogP contribution in [0.1, 0.15) is 38.3 Å². The third-order valence-electron chi connectivity index (χ3n) is 5.14. The summed E-state index contributed by atoms with van der Waals surface area (Å²) in [4.78, 5) is 30.4. The Bertz CT molecular complexity index is 1070. The predicted octanol–water partition coefficient (Wildman–Crippen LogP) is -1.30. The second-order valence-electron chi connectivity index (χ2n) is 8.24. The van der Waals surface area contributed by atoms with E-state index in [0.29, 0.717) is 37.3 Å². The van der Waals surface area contributed by atoms with Gasteiger partial charge in [0.1, 0.15) is 11.6 Å². The van der Waals surface area contributed by atoms with Gasteiger partial charge in [-0.15, -0.1) is 5.60 Å². The molecule has 1 aromatic heterocycles. The maximum Gasteiger partial charge on any atom is 1.00 e. The maximum atomic E-state index is 13.2.